The fourth-order valence-corrected chi connectivity index (χ4v) is 24.9. The molecule has 0 aromatic carbocycles. The highest BCUT2D eigenvalue weighted by Gasteiger charge is 2.68. The Morgan fingerprint density at radius 2 is 1.41 bits per heavy atom. The molecule has 12 N–H and O–H groups in total. The predicted octanol–water partition coefficient (Wildman–Crippen LogP) is 7.92. The van der Waals surface area contributed by atoms with Gasteiger partial charge < -0.3 is 95.0 Å². The first-order chi connectivity index (χ1) is 45.5. The van der Waals surface area contributed by atoms with E-state index in [-0.39, 0.29) is 64.2 Å². The first-order valence-electron chi connectivity index (χ1n) is 37.6. The molecule has 7 saturated carbocycles. The van der Waals surface area contributed by atoms with E-state index in [4.69, 9.17) is 38.9 Å². The largest absolute Gasteiger partial charge is 0.446 e. The van der Waals surface area contributed by atoms with E-state index in [1.54, 1.807) is 0 Å². The summed E-state index contributed by atoms with van der Waals surface area (Å²) in [5.74, 6) is 2.89. The maximum Gasteiger partial charge on any atom is 0.407 e. The lowest BCUT2D eigenvalue weighted by atomic mass is 9.43. The molecule has 3 aliphatic heterocycles. The molecule has 34 atom stereocenters. The molecule has 0 spiro atoms. The number of esters is 1. The van der Waals surface area contributed by atoms with Crippen LogP contribution in [0, 0.1) is 97.1 Å². The first kappa shape index (κ1) is 76.4. The Labute approximate surface area is 590 Å². The van der Waals surface area contributed by atoms with Crippen LogP contribution in [0.2, 0.25) is 0 Å². The summed E-state index contributed by atoms with van der Waals surface area (Å²) in [4.78, 5) is 43.5. The third-order valence-electron chi connectivity index (χ3n) is 29.1. The van der Waals surface area contributed by atoms with Crippen molar-refractivity contribution in [3.63, 3.8) is 0 Å². The van der Waals surface area contributed by atoms with Gasteiger partial charge in [-0.25, -0.2) is 4.79 Å². The zero-order valence-corrected chi connectivity index (χ0v) is 62.2. The molecular weight excluding hydrogens is 1360 g/mol. The Kier molecular flexibility index (Phi) is 22.8. The number of amides is 1. The first-order valence-corrected chi connectivity index (χ1v) is 38.8. The Hall–Kier alpha value is -1.72. The van der Waals surface area contributed by atoms with Crippen LogP contribution in [-0.4, -0.2) is 192 Å². The Bertz CT molecular complexity index is 2800. The van der Waals surface area contributed by atoms with Gasteiger partial charge in [-0.05, 0) is 209 Å². The van der Waals surface area contributed by atoms with Gasteiger partial charge in [0.15, 0.2) is 18.7 Å². The maximum atomic E-state index is 16.1. The number of alkyl carbamates (subject to hydrolysis) is 1. The minimum atomic E-state index is -1.97. The molecule has 11 rings (SSSR count). The van der Waals surface area contributed by atoms with Crippen molar-refractivity contribution >= 4 is 40.9 Å². The standard InChI is InChI=1S/C75H123IN2O19/c1-37(2)14-13-15-49(77)47-21-19-45-43-17-16-40-32-41(24-27-70(40,8)46(43)25-28-71(45,47)9)93-68(90)78-55-51(34-79)94-66(62(57(55)85)96-65-60(88)58(86)61(39(4)92-65)95-64-59(87)56(84)50(81)35-91-64)97-67(89)75(31-30-69(5,6)7)54(83)33-73(11)38(3)42-18-23-52-72(10,29-26-53(82)74(52,12)36-80)44(42)20-22-48(73)63(75)76/h22,36-47,49-66,79,81-88H,13-21,23-35,77H2,1-12H3,(H,78,90)/t38?,39?,40?,41-,42?,43?,44?,45?,46?,47?,49+,50+,51?,52?,53-,54?,55-,56?,57?,58?,59?,60?,61-,62?,63?,64-,65-,66-,70?,71?,72?,73?,74?,75-/m0/s1. The van der Waals surface area contributed by atoms with Crippen molar-refractivity contribution in [1.82, 2.24) is 5.32 Å². The van der Waals surface area contributed by atoms with Crippen molar-refractivity contribution in [2.24, 2.45) is 103 Å². The number of halogens is 1. The molecule has 21 nitrogen and oxygen atoms in total. The fourth-order valence-electron chi connectivity index (χ4n) is 23.0. The van der Waals surface area contributed by atoms with Gasteiger partial charge >= 0.3 is 12.1 Å². The molecule has 8 aliphatic carbocycles. The van der Waals surface area contributed by atoms with Crippen LogP contribution in [0.4, 0.5) is 4.79 Å². The second-order valence-corrected chi connectivity index (χ2v) is 37.1. The lowest BCUT2D eigenvalue weighted by Gasteiger charge is -2.62. The van der Waals surface area contributed by atoms with E-state index in [2.05, 4.69) is 103 Å². The second kappa shape index (κ2) is 29.0. The highest BCUT2D eigenvalue weighted by atomic mass is 127. The summed E-state index contributed by atoms with van der Waals surface area (Å²) in [5.41, 5.74) is 4.66. The molecule has 3 saturated heterocycles. The number of nitrogens with one attached hydrogen (secondary N) is 1. The number of carbonyl (C=O) groups excluding carboxylic acids is 3. The van der Waals surface area contributed by atoms with Crippen molar-refractivity contribution in [3.05, 3.63) is 11.6 Å². The van der Waals surface area contributed by atoms with E-state index in [0.717, 1.165) is 56.8 Å². The number of ether oxygens (including phenoxy) is 7. The molecule has 10 fully saturated rings. The minimum absolute atomic E-state index is 0.0315. The molecule has 554 valence electrons. The number of hydrogen-bond donors (Lipinski definition) is 11. The molecule has 0 aromatic heterocycles. The molecule has 0 radical (unpaired) electrons. The summed E-state index contributed by atoms with van der Waals surface area (Å²) in [6, 6.07) is -1.25. The highest BCUT2D eigenvalue weighted by Crippen LogP contribution is 2.70. The molecule has 0 bridgehead atoms. The van der Waals surface area contributed by atoms with Crippen LogP contribution < -0.4 is 11.1 Å². The lowest BCUT2D eigenvalue weighted by molar-refractivity contribution is -0.369. The van der Waals surface area contributed by atoms with Crippen molar-refractivity contribution in [2.75, 3.05) is 13.2 Å². The number of hydrogen-bond acceptors (Lipinski definition) is 20. The van der Waals surface area contributed by atoms with Gasteiger partial charge in [0.1, 0.15) is 66.6 Å². The number of alkyl halides is 1. The number of rotatable bonds is 17. The Morgan fingerprint density at radius 1 is 0.742 bits per heavy atom. The van der Waals surface area contributed by atoms with Crippen LogP contribution in [-0.2, 0) is 42.7 Å². The van der Waals surface area contributed by atoms with Gasteiger partial charge in [-0.2, -0.15) is 0 Å². The Balaban J connectivity index is 0.838. The van der Waals surface area contributed by atoms with E-state index in [9.17, 15) is 55.5 Å². The smallest absolute Gasteiger partial charge is 0.407 e. The number of aliphatic hydroxyl groups is 9. The highest BCUT2D eigenvalue weighted by molar-refractivity contribution is 14.1. The lowest BCUT2D eigenvalue weighted by Crippen LogP contribution is -2.68. The third-order valence-corrected chi connectivity index (χ3v) is 30.9. The minimum Gasteiger partial charge on any atom is -0.446 e. The fraction of sp³-hybridized carbons (Fsp3) is 0.933. The van der Waals surface area contributed by atoms with Crippen LogP contribution in [0.5, 0.6) is 0 Å². The van der Waals surface area contributed by atoms with Crippen molar-refractivity contribution in [3.8, 4) is 0 Å². The number of fused-ring (bicyclic) bond motifs is 9. The van der Waals surface area contributed by atoms with E-state index < -0.39 is 150 Å². The Morgan fingerprint density at radius 3 is 2.10 bits per heavy atom. The van der Waals surface area contributed by atoms with Crippen molar-refractivity contribution < 1.29 is 93.5 Å². The number of carbonyl (C=O) groups is 3. The van der Waals surface area contributed by atoms with Crippen LogP contribution in [0.3, 0.4) is 0 Å². The second-order valence-electron chi connectivity index (χ2n) is 35.8. The topological polar surface area (TPSA) is 336 Å². The van der Waals surface area contributed by atoms with E-state index >= 15 is 4.79 Å². The average molecular weight is 1480 g/mol. The SMILES string of the molecule is CC(C)CCC[C@@H](N)C1CCC2C3CCC4C[C@@H](OC(=O)N[C@H]5C(CO)O[C@@H](OC(=O)[C@@]6(CCC(C)(C)C)C(O)CC7(C)C(=CCC8C(CCC9C8(C)CC[C@H](O)C9(C)C=O)C7C)C6I)C(O[C@@H]6OC(C)[C@H](O[C@@H]7OC[C@@H](O)C(O)C7O)C(O)C6O)C5O)CCC4(C)C3CCC21C. The summed E-state index contributed by atoms with van der Waals surface area (Å²) in [6.45, 7) is 24.7. The summed E-state index contributed by atoms with van der Waals surface area (Å²) >= 11 is 2.32. The normalized spacial score (nSPS) is 51.0. The molecule has 3 heterocycles. The number of allylic oxidation sites excluding steroid dienone is 2. The third kappa shape index (κ3) is 13.7. The molecule has 97 heavy (non-hydrogen) atoms. The summed E-state index contributed by atoms with van der Waals surface area (Å²) in [7, 11) is 0. The molecule has 1 amide bonds. The summed E-state index contributed by atoms with van der Waals surface area (Å²) < 4.78 is 42.9. The van der Waals surface area contributed by atoms with E-state index in [1.807, 2.05) is 6.92 Å². The molecule has 24 unspecified atom stereocenters. The van der Waals surface area contributed by atoms with Crippen molar-refractivity contribution in [1.29, 1.82) is 0 Å². The predicted molar refractivity (Wildman–Crippen MR) is 368 cm³/mol. The van der Waals surface area contributed by atoms with Crippen LogP contribution in [0.1, 0.15) is 212 Å². The van der Waals surface area contributed by atoms with Crippen LogP contribution >= 0.6 is 22.6 Å². The van der Waals surface area contributed by atoms with Gasteiger partial charge in [-0.1, -0.05) is 123 Å². The molecule has 0 aromatic rings. The van der Waals surface area contributed by atoms with Crippen LogP contribution in [0.25, 0.3) is 0 Å². The van der Waals surface area contributed by atoms with Gasteiger partial charge in [0, 0.05) is 6.04 Å². The molecule has 11 aliphatic rings. The van der Waals surface area contributed by atoms with Gasteiger partial charge in [0.2, 0.25) is 6.29 Å². The quantitative estimate of drug-likeness (QED) is 0.0216. The maximum absolute atomic E-state index is 16.1. The average Bonchev–Trinajstić information content (AvgIpc) is 1.69. The van der Waals surface area contributed by atoms with Gasteiger partial charge in [-0.15, -0.1) is 0 Å². The van der Waals surface area contributed by atoms with E-state index in [0.29, 0.717) is 67.6 Å². The summed E-state index contributed by atoms with van der Waals surface area (Å²) in [5, 5.41) is 106. The molecule has 22 heteroatoms. The van der Waals surface area contributed by atoms with Crippen LogP contribution in [0.15, 0.2) is 11.6 Å². The number of aldehydes is 1. The van der Waals surface area contributed by atoms with Gasteiger partial charge in [0.25, 0.3) is 0 Å². The summed E-state index contributed by atoms with van der Waals surface area (Å²) in [6.07, 6.45) is -4.62. The molecular formula is C75H123IN2O19. The zero-order valence-electron chi connectivity index (χ0n) is 60.0. The van der Waals surface area contributed by atoms with Gasteiger partial charge in [0.05, 0.1) is 46.9 Å². The van der Waals surface area contributed by atoms with E-state index in [1.165, 1.54) is 45.4 Å². The number of aliphatic hydroxyl groups excluding tert-OH is 9. The monoisotopic (exact) mass is 1480 g/mol. The number of nitrogens with two attached hydrogens (primary N) is 1. The zero-order chi connectivity index (χ0) is 70.6. The van der Waals surface area contributed by atoms with Crippen molar-refractivity contribution in [2.45, 2.75) is 326 Å². The van der Waals surface area contributed by atoms with Gasteiger partial charge in [-0.3, -0.25) is 4.79 Å².